The molecular formula is C14H13BrN2O4. The van der Waals surface area contributed by atoms with Crippen molar-refractivity contribution in [1.29, 1.82) is 0 Å². The molecule has 2 aromatic rings. The Morgan fingerprint density at radius 1 is 1.24 bits per heavy atom. The number of hydrogen-bond acceptors (Lipinski definition) is 4. The molecular weight excluding hydrogens is 340 g/mol. The van der Waals surface area contributed by atoms with E-state index in [0.717, 1.165) is 5.56 Å². The van der Waals surface area contributed by atoms with Gasteiger partial charge in [0, 0.05) is 18.4 Å². The molecule has 0 aliphatic carbocycles. The highest BCUT2D eigenvalue weighted by Crippen LogP contribution is 2.18. The van der Waals surface area contributed by atoms with Crippen molar-refractivity contribution in [2.24, 2.45) is 0 Å². The first-order valence-corrected chi connectivity index (χ1v) is 7.37. The Balaban J connectivity index is 2.16. The number of rotatable bonds is 6. The van der Waals surface area contributed by atoms with Gasteiger partial charge in [-0.1, -0.05) is 46.3 Å². The molecule has 0 saturated carbocycles. The van der Waals surface area contributed by atoms with Gasteiger partial charge in [-0.25, -0.2) is 0 Å². The van der Waals surface area contributed by atoms with Crippen LogP contribution in [0.25, 0.3) is 0 Å². The largest absolute Gasteiger partial charge is 0.433 e. The number of nitrogens with zero attached hydrogens (tertiary/aromatic N) is 2. The van der Waals surface area contributed by atoms with Gasteiger partial charge in [-0.3, -0.25) is 14.9 Å². The van der Waals surface area contributed by atoms with Crippen molar-refractivity contribution in [2.75, 3.05) is 11.9 Å². The molecule has 0 spiro atoms. The van der Waals surface area contributed by atoms with Crippen LogP contribution >= 0.6 is 15.9 Å². The van der Waals surface area contributed by atoms with Gasteiger partial charge in [-0.2, -0.15) is 0 Å². The van der Waals surface area contributed by atoms with Crippen molar-refractivity contribution < 1.29 is 14.1 Å². The van der Waals surface area contributed by atoms with Crippen molar-refractivity contribution in [1.82, 2.24) is 4.90 Å². The number of alkyl halides is 1. The Hall–Kier alpha value is -2.15. The Bertz CT molecular complexity index is 627. The lowest BCUT2D eigenvalue weighted by Gasteiger charge is -2.20. The van der Waals surface area contributed by atoms with E-state index in [-0.39, 0.29) is 11.7 Å². The monoisotopic (exact) mass is 352 g/mol. The average Bonchev–Trinajstić information content (AvgIpc) is 2.97. The molecule has 0 bridgehead atoms. The van der Waals surface area contributed by atoms with E-state index in [1.165, 1.54) is 12.1 Å². The lowest BCUT2D eigenvalue weighted by Crippen LogP contribution is -2.32. The van der Waals surface area contributed by atoms with E-state index in [2.05, 4.69) is 15.9 Å². The van der Waals surface area contributed by atoms with Crippen LogP contribution in [-0.4, -0.2) is 27.6 Å². The smallest absolute Gasteiger partial charge is 0.395 e. The predicted octanol–water partition coefficient (Wildman–Crippen LogP) is 3.23. The maximum Gasteiger partial charge on any atom is 0.433 e. The topological polar surface area (TPSA) is 76.6 Å². The molecule has 6 nitrogen and oxygen atoms in total. The minimum atomic E-state index is -0.664. The summed E-state index contributed by atoms with van der Waals surface area (Å²) in [7, 11) is 0. The lowest BCUT2D eigenvalue weighted by molar-refractivity contribution is -0.402. The summed E-state index contributed by atoms with van der Waals surface area (Å²) in [6.07, 6.45) is 0. The molecule has 1 heterocycles. The average molecular weight is 353 g/mol. The highest BCUT2D eigenvalue weighted by molar-refractivity contribution is 9.09. The molecule has 1 aromatic heterocycles. The Morgan fingerprint density at radius 2 is 1.95 bits per heavy atom. The predicted molar refractivity (Wildman–Crippen MR) is 80.3 cm³/mol. The van der Waals surface area contributed by atoms with E-state index < -0.39 is 10.8 Å². The summed E-state index contributed by atoms with van der Waals surface area (Å²) in [6, 6.07) is 12.0. The molecule has 21 heavy (non-hydrogen) atoms. The molecule has 0 aliphatic rings. The molecule has 0 radical (unpaired) electrons. The van der Waals surface area contributed by atoms with Crippen LogP contribution in [0, 0.1) is 10.1 Å². The fraction of sp³-hybridized carbons (Fsp3) is 0.214. The van der Waals surface area contributed by atoms with E-state index in [1.807, 2.05) is 30.3 Å². The molecule has 7 heteroatoms. The summed E-state index contributed by atoms with van der Waals surface area (Å²) >= 11 is 3.30. The zero-order valence-corrected chi connectivity index (χ0v) is 12.7. The van der Waals surface area contributed by atoms with Crippen molar-refractivity contribution in [3.8, 4) is 0 Å². The molecule has 0 saturated heterocycles. The Labute approximate surface area is 129 Å². The summed E-state index contributed by atoms with van der Waals surface area (Å²) in [5.41, 5.74) is 0.979. The first-order valence-electron chi connectivity index (χ1n) is 6.25. The van der Waals surface area contributed by atoms with Crippen LogP contribution < -0.4 is 0 Å². The molecule has 2 rings (SSSR count). The normalized spacial score (nSPS) is 10.3. The first-order chi connectivity index (χ1) is 10.1. The molecule has 0 N–H and O–H groups in total. The third kappa shape index (κ3) is 3.91. The van der Waals surface area contributed by atoms with Gasteiger partial charge in [0.05, 0.1) is 6.07 Å². The fourth-order valence-corrected chi connectivity index (χ4v) is 2.28. The zero-order valence-electron chi connectivity index (χ0n) is 11.1. The van der Waals surface area contributed by atoms with E-state index in [4.69, 9.17) is 4.42 Å². The third-order valence-electron chi connectivity index (χ3n) is 2.84. The fourth-order valence-electron chi connectivity index (χ4n) is 1.85. The van der Waals surface area contributed by atoms with Gasteiger partial charge in [0.25, 0.3) is 5.91 Å². The van der Waals surface area contributed by atoms with E-state index in [1.54, 1.807) is 4.90 Å². The number of hydrogen-bond donors (Lipinski definition) is 0. The van der Waals surface area contributed by atoms with Gasteiger partial charge in [0.1, 0.15) is 4.92 Å². The molecule has 0 atom stereocenters. The quantitative estimate of drug-likeness (QED) is 0.454. The molecule has 1 amide bonds. The highest BCUT2D eigenvalue weighted by Gasteiger charge is 2.22. The zero-order chi connectivity index (χ0) is 15.2. The van der Waals surface area contributed by atoms with Crippen LogP contribution in [0.2, 0.25) is 0 Å². The van der Waals surface area contributed by atoms with E-state index in [0.29, 0.717) is 18.4 Å². The van der Waals surface area contributed by atoms with Crippen LogP contribution in [-0.2, 0) is 6.54 Å². The van der Waals surface area contributed by atoms with Crippen LogP contribution in [0.1, 0.15) is 16.1 Å². The van der Waals surface area contributed by atoms with Crippen molar-refractivity contribution in [3.05, 3.63) is 63.9 Å². The molecule has 1 aromatic carbocycles. The third-order valence-corrected chi connectivity index (χ3v) is 3.20. The molecule has 0 fully saturated rings. The van der Waals surface area contributed by atoms with Gasteiger partial charge in [0.2, 0.25) is 0 Å². The van der Waals surface area contributed by atoms with Gasteiger partial charge in [-0.05, 0) is 11.6 Å². The number of furan rings is 1. The van der Waals surface area contributed by atoms with Crippen molar-refractivity contribution in [3.63, 3.8) is 0 Å². The van der Waals surface area contributed by atoms with Gasteiger partial charge < -0.3 is 9.32 Å². The SMILES string of the molecule is O=C(c1ccc([N+](=O)[O-])o1)N(CCBr)Cc1ccccc1. The minimum Gasteiger partial charge on any atom is -0.395 e. The number of carbonyl (C=O) groups excluding carboxylic acids is 1. The number of benzene rings is 1. The van der Waals surface area contributed by atoms with Crippen LogP contribution in [0.15, 0.2) is 46.9 Å². The highest BCUT2D eigenvalue weighted by atomic mass is 79.9. The second kappa shape index (κ2) is 7.03. The summed E-state index contributed by atoms with van der Waals surface area (Å²) in [5, 5.41) is 11.2. The minimum absolute atomic E-state index is 0.0291. The summed E-state index contributed by atoms with van der Waals surface area (Å²) in [4.78, 5) is 23.9. The second-order valence-corrected chi connectivity index (χ2v) is 5.09. The van der Waals surface area contributed by atoms with E-state index >= 15 is 0 Å². The van der Waals surface area contributed by atoms with Crippen LogP contribution in [0.5, 0.6) is 0 Å². The van der Waals surface area contributed by atoms with Gasteiger partial charge >= 0.3 is 5.88 Å². The molecule has 0 unspecified atom stereocenters. The Kier molecular flexibility index (Phi) is 5.10. The second-order valence-electron chi connectivity index (χ2n) is 4.30. The summed E-state index contributed by atoms with van der Waals surface area (Å²) in [6.45, 7) is 0.891. The maximum absolute atomic E-state index is 12.4. The number of amides is 1. The van der Waals surface area contributed by atoms with Crippen LogP contribution in [0.3, 0.4) is 0 Å². The maximum atomic E-state index is 12.4. The summed E-state index contributed by atoms with van der Waals surface area (Å²) < 4.78 is 4.97. The van der Waals surface area contributed by atoms with Crippen molar-refractivity contribution >= 4 is 27.7 Å². The van der Waals surface area contributed by atoms with E-state index in [9.17, 15) is 14.9 Å². The lowest BCUT2D eigenvalue weighted by atomic mass is 10.2. The van der Waals surface area contributed by atoms with Gasteiger partial charge in [-0.15, -0.1) is 0 Å². The number of halogens is 1. The summed E-state index contributed by atoms with van der Waals surface area (Å²) in [5.74, 6) is -0.832. The number of carbonyl (C=O) groups is 1. The van der Waals surface area contributed by atoms with Crippen LogP contribution in [0.4, 0.5) is 5.88 Å². The number of nitro groups is 1. The standard InChI is InChI=1S/C14H13BrN2O4/c15-8-9-16(10-11-4-2-1-3-5-11)14(18)12-6-7-13(21-12)17(19)20/h1-7H,8-10H2. The Morgan fingerprint density at radius 3 is 2.52 bits per heavy atom. The van der Waals surface area contributed by atoms with Crippen molar-refractivity contribution in [2.45, 2.75) is 6.54 Å². The van der Waals surface area contributed by atoms with Gasteiger partial charge in [0.15, 0.2) is 5.76 Å². The molecule has 110 valence electrons. The first kappa shape index (κ1) is 15.2. The molecule has 0 aliphatic heterocycles.